The number of furan rings is 1. The van der Waals surface area contributed by atoms with Gasteiger partial charge >= 0.3 is 0 Å². The lowest BCUT2D eigenvalue weighted by atomic mass is 10.2. The first-order chi connectivity index (χ1) is 15.4. The van der Waals surface area contributed by atoms with Crippen LogP contribution in [0.5, 0.6) is 5.75 Å². The molecule has 2 heterocycles. The Balaban J connectivity index is 1.64. The molecule has 0 saturated heterocycles. The zero-order valence-electron chi connectivity index (χ0n) is 19.0. The number of aromatic nitrogens is 2. The molecule has 8 nitrogen and oxygen atoms in total. The van der Waals surface area contributed by atoms with Gasteiger partial charge in [-0.15, -0.1) is 0 Å². The van der Waals surface area contributed by atoms with Crippen molar-refractivity contribution in [2.75, 3.05) is 11.9 Å². The number of nitrogens with zero attached hydrogens (tertiary/aromatic N) is 2. The summed E-state index contributed by atoms with van der Waals surface area (Å²) in [6, 6.07) is 11.1. The second-order valence-electron chi connectivity index (χ2n) is 7.86. The first kappa shape index (κ1) is 23.1. The summed E-state index contributed by atoms with van der Waals surface area (Å²) in [7, 11) is 0. The van der Waals surface area contributed by atoms with Gasteiger partial charge in [-0.05, 0) is 49.1 Å². The summed E-state index contributed by atoms with van der Waals surface area (Å²) in [5, 5.41) is 9.83. The quantitative estimate of drug-likeness (QED) is 0.492. The van der Waals surface area contributed by atoms with E-state index < -0.39 is 5.91 Å². The molecule has 3 aromatic rings. The Labute approximate surface area is 187 Å². The van der Waals surface area contributed by atoms with Crippen LogP contribution in [0.3, 0.4) is 0 Å². The van der Waals surface area contributed by atoms with Crippen molar-refractivity contribution in [3.63, 3.8) is 0 Å². The van der Waals surface area contributed by atoms with E-state index in [1.54, 1.807) is 23.0 Å². The number of hydrogen-bond acceptors (Lipinski definition) is 5. The van der Waals surface area contributed by atoms with Gasteiger partial charge in [0.25, 0.3) is 11.8 Å². The van der Waals surface area contributed by atoms with Gasteiger partial charge in [0, 0.05) is 19.3 Å². The minimum atomic E-state index is -0.461. The number of amides is 2. The predicted octanol–water partition coefficient (Wildman–Crippen LogP) is 4.28. The monoisotopic (exact) mass is 438 g/mol. The van der Waals surface area contributed by atoms with Crippen LogP contribution in [-0.2, 0) is 19.6 Å². The molecular formula is C24H30N4O4. The van der Waals surface area contributed by atoms with E-state index in [1.807, 2.05) is 45.0 Å². The number of nitrogens with one attached hydrogen (secondary N) is 2. The Morgan fingerprint density at radius 1 is 1.09 bits per heavy atom. The van der Waals surface area contributed by atoms with Crippen molar-refractivity contribution in [1.29, 1.82) is 0 Å². The van der Waals surface area contributed by atoms with E-state index in [2.05, 4.69) is 22.7 Å². The fourth-order valence-electron chi connectivity index (χ4n) is 2.96. The van der Waals surface area contributed by atoms with Gasteiger partial charge < -0.3 is 19.8 Å². The van der Waals surface area contributed by atoms with Crippen LogP contribution in [-0.4, -0.2) is 28.1 Å². The number of carbonyl (C=O) groups is 2. The number of anilines is 1. The Morgan fingerprint density at radius 3 is 2.50 bits per heavy atom. The minimum Gasteiger partial charge on any atom is -0.486 e. The largest absolute Gasteiger partial charge is 0.486 e. The second kappa shape index (κ2) is 10.7. The fraction of sp³-hybridized carbons (Fsp3) is 0.375. The zero-order valence-corrected chi connectivity index (χ0v) is 19.0. The van der Waals surface area contributed by atoms with E-state index in [4.69, 9.17) is 9.15 Å². The molecule has 2 N–H and O–H groups in total. The average molecular weight is 439 g/mol. The van der Waals surface area contributed by atoms with Crippen molar-refractivity contribution in [3.05, 3.63) is 65.4 Å². The molecule has 0 spiro atoms. The normalized spacial score (nSPS) is 10.9. The maximum atomic E-state index is 12.7. The SMILES string of the molecule is CCc1ccc(OCc2ccc(C(=O)Nc3cn(CC)nc3C(=O)NCC(C)C)o2)cc1. The summed E-state index contributed by atoms with van der Waals surface area (Å²) in [6.07, 6.45) is 2.60. The zero-order chi connectivity index (χ0) is 23.1. The van der Waals surface area contributed by atoms with Crippen molar-refractivity contribution >= 4 is 17.5 Å². The molecule has 170 valence electrons. The summed E-state index contributed by atoms with van der Waals surface area (Å²) in [5.41, 5.74) is 1.74. The van der Waals surface area contributed by atoms with Crippen molar-refractivity contribution < 1.29 is 18.7 Å². The molecule has 2 aromatic heterocycles. The number of benzene rings is 1. The average Bonchev–Trinajstić information content (AvgIpc) is 3.43. The molecule has 0 aliphatic heterocycles. The lowest BCUT2D eigenvalue weighted by Crippen LogP contribution is -2.28. The predicted molar refractivity (Wildman–Crippen MR) is 122 cm³/mol. The Morgan fingerprint density at radius 2 is 1.84 bits per heavy atom. The highest BCUT2D eigenvalue weighted by atomic mass is 16.5. The van der Waals surface area contributed by atoms with Gasteiger partial charge in [-0.1, -0.05) is 32.9 Å². The van der Waals surface area contributed by atoms with Crippen LogP contribution in [0.2, 0.25) is 0 Å². The molecule has 32 heavy (non-hydrogen) atoms. The summed E-state index contributed by atoms with van der Waals surface area (Å²) in [6.45, 7) is 9.31. The molecule has 0 fully saturated rings. The summed E-state index contributed by atoms with van der Waals surface area (Å²) < 4.78 is 13.0. The molecular weight excluding hydrogens is 408 g/mol. The number of ether oxygens (including phenoxy) is 1. The molecule has 0 aliphatic carbocycles. The molecule has 0 aliphatic rings. The van der Waals surface area contributed by atoms with Crippen LogP contribution < -0.4 is 15.4 Å². The van der Waals surface area contributed by atoms with E-state index in [-0.39, 0.29) is 24.0 Å². The third-order valence-electron chi connectivity index (χ3n) is 4.82. The first-order valence-electron chi connectivity index (χ1n) is 10.9. The highest BCUT2D eigenvalue weighted by Gasteiger charge is 2.20. The Bertz CT molecular complexity index is 1050. The standard InChI is InChI=1S/C24H30N4O4/c1-5-17-7-9-18(10-8-17)31-15-19-11-12-21(32-19)23(29)26-20-14-28(6-2)27-22(20)24(30)25-13-16(3)4/h7-12,14,16H,5-6,13,15H2,1-4H3,(H,25,30)(H,26,29). The Kier molecular flexibility index (Phi) is 7.70. The van der Waals surface area contributed by atoms with Gasteiger partial charge in [0.1, 0.15) is 18.1 Å². The topological polar surface area (TPSA) is 98.4 Å². The van der Waals surface area contributed by atoms with Crippen LogP contribution in [0.1, 0.15) is 60.1 Å². The molecule has 0 radical (unpaired) electrons. The van der Waals surface area contributed by atoms with E-state index in [0.717, 1.165) is 12.2 Å². The van der Waals surface area contributed by atoms with Crippen LogP contribution in [0.15, 0.2) is 47.0 Å². The summed E-state index contributed by atoms with van der Waals surface area (Å²) in [5.74, 6) is 0.893. The molecule has 0 bridgehead atoms. The number of carbonyl (C=O) groups excluding carboxylic acids is 2. The van der Waals surface area contributed by atoms with Crippen LogP contribution in [0.4, 0.5) is 5.69 Å². The molecule has 0 unspecified atom stereocenters. The van der Waals surface area contributed by atoms with Gasteiger partial charge in [-0.3, -0.25) is 14.3 Å². The molecule has 1 aromatic carbocycles. The second-order valence-corrected chi connectivity index (χ2v) is 7.86. The van der Waals surface area contributed by atoms with Crippen LogP contribution >= 0.6 is 0 Å². The van der Waals surface area contributed by atoms with Crippen molar-refractivity contribution in [2.45, 2.75) is 47.3 Å². The Hall–Kier alpha value is -3.55. The van der Waals surface area contributed by atoms with E-state index in [1.165, 1.54) is 5.56 Å². The van der Waals surface area contributed by atoms with Gasteiger partial charge in [-0.2, -0.15) is 5.10 Å². The lowest BCUT2D eigenvalue weighted by Gasteiger charge is -2.07. The fourth-order valence-corrected chi connectivity index (χ4v) is 2.96. The number of hydrogen-bond donors (Lipinski definition) is 2. The van der Waals surface area contributed by atoms with E-state index >= 15 is 0 Å². The maximum absolute atomic E-state index is 12.7. The highest BCUT2D eigenvalue weighted by molar-refractivity contribution is 6.07. The number of rotatable bonds is 10. The van der Waals surface area contributed by atoms with E-state index in [0.29, 0.717) is 30.5 Å². The number of aryl methyl sites for hydroxylation is 2. The van der Waals surface area contributed by atoms with Crippen LogP contribution in [0, 0.1) is 5.92 Å². The molecule has 3 rings (SSSR count). The van der Waals surface area contributed by atoms with Crippen molar-refractivity contribution in [1.82, 2.24) is 15.1 Å². The van der Waals surface area contributed by atoms with Gasteiger partial charge in [0.15, 0.2) is 11.5 Å². The maximum Gasteiger partial charge on any atom is 0.291 e. The van der Waals surface area contributed by atoms with Gasteiger partial charge in [-0.25, -0.2) is 0 Å². The minimum absolute atomic E-state index is 0.128. The van der Waals surface area contributed by atoms with Crippen molar-refractivity contribution in [2.24, 2.45) is 5.92 Å². The molecule has 0 saturated carbocycles. The highest BCUT2D eigenvalue weighted by Crippen LogP contribution is 2.19. The van der Waals surface area contributed by atoms with Gasteiger partial charge in [0.05, 0.1) is 5.69 Å². The third-order valence-corrected chi connectivity index (χ3v) is 4.82. The summed E-state index contributed by atoms with van der Waals surface area (Å²) >= 11 is 0. The molecule has 2 amide bonds. The van der Waals surface area contributed by atoms with E-state index in [9.17, 15) is 9.59 Å². The first-order valence-corrected chi connectivity index (χ1v) is 10.9. The van der Waals surface area contributed by atoms with Crippen LogP contribution in [0.25, 0.3) is 0 Å². The smallest absolute Gasteiger partial charge is 0.291 e. The molecule has 8 heteroatoms. The summed E-state index contributed by atoms with van der Waals surface area (Å²) in [4.78, 5) is 25.2. The third kappa shape index (κ3) is 6.00. The van der Waals surface area contributed by atoms with Gasteiger partial charge in [0.2, 0.25) is 0 Å². The lowest BCUT2D eigenvalue weighted by molar-refractivity contribution is 0.0944. The molecule has 0 atom stereocenters. The van der Waals surface area contributed by atoms with Crippen molar-refractivity contribution in [3.8, 4) is 5.75 Å².